The van der Waals surface area contributed by atoms with Gasteiger partial charge in [-0.2, -0.15) is 13.2 Å². The molecule has 0 atom stereocenters. The Morgan fingerprint density at radius 2 is 1.83 bits per heavy atom. The minimum atomic E-state index is -4.56. The molecule has 0 amide bonds. The van der Waals surface area contributed by atoms with E-state index in [1.165, 1.54) is 6.92 Å². The predicted molar refractivity (Wildman–Crippen MR) is 59.0 cm³/mol. The third-order valence-corrected chi connectivity index (χ3v) is 2.64. The lowest BCUT2D eigenvalue weighted by atomic mass is 10.2. The molecule has 18 heavy (non-hydrogen) atoms. The third kappa shape index (κ3) is 1.53. The van der Waals surface area contributed by atoms with Crippen molar-refractivity contribution in [2.75, 3.05) is 0 Å². The van der Waals surface area contributed by atoms with Gasteiger partial charge in [-0.05, 0) is 19.1 Å². The molecule has 3 aromatic rings. The molecule has 6 heteroatoms. The molecule has 3 rings (SSSR count). The van der Waals surface area contributed by atoms with E-state index in [0.717, 1.165) is 0 Å². The van der Waals surface area contributed by atoms with E-state index in [1.807, 2.05) is 0 Å². The molecule has 2 heterocycles. The van der Waals surface area contributed by atoms with Crippen LogP contribution in [0.3, 0.4) is 0 Å². The summed E-state index contributed by atoms with van der Waals surface area (Å²) < 4.78 is 43.4. The van der Waals surface area contributed by atoms with Crippen molar-refractivity contribution < 1.29 is 17.6 Å². The van der Waals surface area contributed by atoms with Gasteiger partial charge in [0.2, 0.25) is 5.82 Å². The van der Waals surface area contributed by atoms with Crippen molar-refractivity contribution >= 4 is 22.1 Å². The zero-order valence-corrected chi connectivity index (χ0v) is 9.25. The Morgan fingerprint density at radius 1 is 1.11 bits per heavy atom. The molecule has 0 fully saturated rings. The Balaban J connectivity index is 2.44. The predicted octanol–water partition coefficient (Wildman–Crippen LogP) is 3.70. The van der Waals surface area contributed by atoms with Crippen LogP contribution in [0.4, 0.5) is 13.2 Å². The molecule has 0 radical (unpaired) electrons. The van der Waals surface area contributed by atoms with E-state index in [1.54, 1.807) is 24.3 Å². The second-order valence-electron chi connectivity index (χ2n) is 3.91. The summed E-state index contributed by atoms with van der Waals surface area (Å²) in [6.07, 6.45) is -4.56. The van der Waals surface area contributed by atoms with Crippen molar-refractivity contribution in [2.45, 2.75) is 13.1 Å². The van der Waals surface area contributed by atoms with Crippen molar-refractivity contribution in [1.29, 1.82) is 0 Å². The number of hydrogen-bond acceptors (Lipinski definition) is 3. The molecule has 0 saturated heterocycles. The van der Waals surface area contributed by atoms with Gasteiger partial charge in [-0.15, -0.1) is 0 Å². The van der Waals surface area contributed by atoms with Crippen LogP contribution in [0.5, 0.6) is 0 Å². The molecule has 0 unspecified atom stereocenters. The minimum Gasteiger partial charge on any atom is -0.452 e. The molecule has 0 N–H and O–H groups in total. The lowest BCUT2D eigenvalue weighted by molar-refractivity contribution is -0.144. The summed E-state index contributed by atoms with van der Waals surface area (Å²) in [6.45, 7) is 1.47. The lowest BCUT2D eigenvalue weighted by Crippen LogP contribution is -2.11. The number of hydrogen-bond donors (Lipinski definition) is 0. The Bertz CT molecular complexity index is 746. The van der Waals surface area contributed by atoms with E-state index in [9.17, 15) is 13.2 Å². The van der Waals surface area contributed by atoms with Crippen molar-refractivity contribution in [1.82, 2.24) is 9.97 Å². The summed E-state index contributed by atoms with van der Waals surface area (Å²) >= 11 is 0. The highest BCUT2D eigenvalue weighted by Crippen LogP contribution is 2.32. The Labute approximate surface area is 99.3 Å². The van der Waals surface area contributed by atoms with Crippen LogP contribution in [-0.4, -0.2) is 9.97 Å². The lowest BCUT2D eigenvalue weighted by Gasteiger charge is -2.05. The Morgan fingerprint density at radius 3 is 2.56 bits per heavy atom. The van der Waals surface area contributed by atoms with Gasteiger partial charge >= 0.3 is 6.18 Å². The first-order valence-electron chi connectivity index (χ1n) is 5.20. The number of halogens is 3. The standard InChI is InChI=1S/C12H7F3N2O/c1-6-10-9(17-11(16-6)12(13,14)15)7-4-2-3-5-8(7)18-10/h2-5H,1H3. The molecule has 2 aromatic heterocycles. The molecular formula is C12H7F3N2O. The SMILES string of the molecule is Cc1nc(C(F)(F)F)nc2c1oc1ccccc12. The van der Waals surface area contributed by atoms with Crippen molar-refractivity contribution in [3.63, 3.8) is 0 Å². The monoisotopic (exact) mass is 252 g/mol. The number of nitrogens with zero attached hydrogens (tertiary/aromatic N) is 2. The molecule has 0 spiro atoms. The zero-order valence-electron chi connectivity index (χ0n) is 9.25. The third-order valence-electron chi connectivity index (χ3n) is 2.64. The van der Waals surface area contributed by atoms with Gasteiger partial charge in [0.25, 0.3) is 0 Å². The van der Waals surface area contributed by atoms with Crippen molar-refractivity contribution in [3.8, 4) is 0 Å². The van der Waals surface area contributed by atoms with Crippen LogP contribution in [0, 0.1) is 6.92 Å². The summed E-state index contributed by atoms with van der Waals surface area (Å²) in [4.78, 5) is 7.00. The fourth-order valence-electron chi connectivity index (χ4n) is 1.86. The van der Waals surface area contributed by atoms with Gasteiger partial charge in [0.1, 0.15) is 11.1 Å². The topological polar surface area (TPSA) is 38.9 Å². The van der Waals surface area contributed by atoms with E-state index in [2.05, 4.69) is 9.97 Å². The molecule has 0 aliphatic rings. The van der Waals surface area contributed by atoms with Gasteiger partial charge in [-0.3, -0.25) is 0 Å². The number of para-hydroxylation sites is 1. The van der Waals surface area contributed by atoms with Gasteiger partial charge in [0, 0.05) is 5.39 Å². The number of furan rings is 1. The van der Waals surface area contributed by atoms with E-state index in [4.69, 9.17) is 4.42 Å². The molecule has 0 aliphatic heterocycles. The van der Waals surface area contributed by atoms with Gasteiger partial charge in [-0.25, -0.2) is 9.97 Å². The maximum absolute atomic E-state index is 12.6. The Kier molecular flexibility index (Phi) is 2.10. The summed E-state index contributed by atoms with van der Waals surface area (Å²) in [5, 5.41) is 0.559. The average molecular weight is 252 g/mol. The first kappa shape index (κ1) is 11.0. The van der Waals surface area contributed by atoms with E-state index in [0.29, 0.717) is 16.6 Å². The van der Waals surface area contributed by atoms with Gasteiger partial charge in [0.05, 0.1) is 5.69 Å². The molecule has 0 bridgehead atoms. The van der Waals surface area contributed by atoms with Crippen LogP contribution in [0.2, 0.25) is 0 Å². The van der Waals surface area contributed by atoms with Crippen LogP contribution in [-0.2, 0) is 6.18 Å². The van der Waals surface area contributed by atoms with Gasteiger partial charge < -0.3 is 4.42 Å². The molecule has 92 valence electrons. The first-order valence-corrected chi connectivity index (χ1v) is 5.20. The number of rotatable bonds is 0. The van der Waals surface area contributed by atoms with E-state index in [-0.39, 0.29) is 11.2 Å². The fourth-order valence-corrected chi connectivity index (χ4v) is 1.86. The maximum atomic E-state index is 12.6. The highest BCUT2D eigenvalue weighted by Gasteiger charge is 2.35. The van der Waals surface area contributed by atoms with Crippen molar-refractivity contribution in [2.24, 2.45) is 0 Å². The highest BCUT2D eigenvalue weighted by atomic mass is 19.4. The molecular weight excluding hydrogens is 245 g/mol. The molecule has 0 saturated carbocycles. The van der Waals surface area contributed by atoms with Crippen LogP contribution in [0.1, 0.15) is 11.5 Å². The van der Waals surface area contributed by atoms with Crippen LogP contribution in [0.25, 0.3) is 22.1 Å². The van der Waals surface area contributed by atoms with Crippen molar-refractivity contribution in [3.05, 3.63) is 35.8 Å². The largest absolute Gasteiger partial charge is 0.452 e. The summed E-state index contributed by atoms with van der Waals surface area (Å²) in [5.41, 5.74) is 1.18. The van der Waals surface area contributed by atoms with Crippen LogP contribution in [0.15, 0.2) is 28.7 Å². The highest BCUT2D eigenvalue weighted by molar-refractivity contribution is 6.02. The number of benzene rings is 1. The van der Waals surface area contributed by atoms with Gasteiger partial charge in [0.15, 0.2) is 5.58 Å². The zero-order chi connectivity index (χ0) is 12.9. The molecule has 1 aromatic carbocycles. The second-order valence-corrected chi connectivity index (χ2v) is 3.91. The smallest absolute Gasteiger partial charge is 0.451 e. The van der Waals surface area contributed by atoms with E-state index < -0.39 is 12.0 Å². The fraction of sp³-hybridized carbons (Fsp3) is 0.167. The van der Waals surface area contributed by atoms with Crippen LogP contribution >= 0.6 is 0 Å². The number of alkyl halides is 3. The Hall–Kier alpha value is -2.11. The number of fused-ring (bicyclic) bond motifs is 3. The first-order chi connectivity index (χ1) is 8.47. The number of aryl methyl sites for hydroxylation is 1. The molecule has 0 aliphatic carbocycles. The summed E-state index contributed by atoms with van der Waals surface area (Å²) in [7, 11) is 0. The normalized spacial score (nSPS) is 12.4. The summed E-state index contributed by atoms with van der Waals surface area (Å²) in [5.74, 6) is -1.14. The average Bonchev–Trinajstić information content (AvgIpc) is 2.67. The molecule has 3 nitrogen and oxygen atoms in total. The second kappa shape index (κ2) is 3.44. The number of aromatic nitrogens is 2. The maximum Gasteiger partial charge on any atom is 0.451 e. The summed E-state index contributed by atoms with van der Waals surface area (Å²) in [6, 6.07) is 6.83. The van der Waals surface area contributed by atoms with Crippen LogP contribution < -0.4 is 0 Å². The van der Waals surface area contributed by atoms with E-state index >= 15 is 0 Å². The quantitative estimate of drug-likeness (QED) is 0.612. The minimum absolute atomic E-state index is 0.184. The van der Waals surface area contributed by atoms with Gasteiger partial charge in [-0.1, -0.05) is 12.1 Å².